The van der Waals surface area contributed by atoms with Gasteiger partial charge in [0.15, 0.2) is 0 Å². The Hall–Kier alpha value is -2.49. The second-order valence-electron chi connectivity index (χ2n) is 7.59. The molecule has 0 saturated carbocycles. The Morgan fingerprint density at radius 1 is 0.893 bits per heavy atom. The summed E-state index contributed by atoms with van der Waals surface area (Å²) in [5, 5.41) is 0.641. The number of anilines is 2. The average Bonchev–Trinajstić information content (AvgIpc) is 2.65. The number of hydrogen-bond acceptors (Lipinski definition) is 1. The van der Waals surface area contributed by atoms with Gasteiger partial charge in [0.1, 0.15) is 0 Å². The Balaban J connectivity index is 2.32. The highest BCUT2D eigenvalue weighted by molar-refractivity contribution is 6.44. The van der Waals surface area contributed by atoms with Gasteiger partial charge in [0.25, 0.3) is 0 Å². The molecule has 0 fully saturated rings. The molecule has 0 aliphatic rings. The number of nitrogens with two attached hydrogens (primary N) is 1. The van der Waals surface area contributed by atoms with Crippen LogP contribution in [0.25, 0.3) is 11.1 Å². The fraction of sp³-hybridized carbons (Fsp3) is 0.174. The van der Waals surface area contributed by atoms with E-state index in [0.29, 0.717) is 16.4 Å². The highest BCUT2D eigenvalue weighted by Crippen LogP contribution is 2.42. The summed E-state index contributed by atoms with van der Waals surface area (Å²) in [5.74, 6) is 0. The predicted molar refractivity (Wildman–Crippen MR) is 119 cm³/mol. The van der Waals surface area contributed by atoms with E-state index < -0.39 is 6.03 Å². The normalized spacial score (nSPS) is 11.3. The van der Waals surface area contributed by atoms with E-state index in [0.717, 1.165) is 16.7 Å². The lowest BCUT2D eigenvalue weighted by atomic mass is 9.85. The van der Waals surface area contributed by atoms with Crippen LogP contribution in [0.3, 0.4) is 0 Å². The number of rotatable bonds is 3. The fourth-order valence-corrected chi connectivity index (χ4v) is 3.46. The lowest BCUT2D eigenvalue weighted by molar-refractivity contribution is 0.256. The summed E-state index contributed by atoms with van der Waals surface area (Å²) in [6, 6.07) is 20.5. The standard InChI is InChI=1S/C23H22Cl2N2O/c1-23(2,3)16-12-13-17(15-8-5-4-6-9-15)20(14-16)27(22(26)28)19-11-7-10-18(24)21(19)25/h4-14H,1-3H3,(H2,26,28). The number of carbonyl (C=O) groups is 1. The molecule has 0 saturated heterocycles. The largest absolute Gasteiger partial charge is 0.351 e. The third-order valence-electron chi connectivity index (χ3n) is 4.58. The third-order valence-corrected chi connectivity index (χ3v) is 5.39. The molecule has 3 aromatic rings. The molecule has 5 heteroatoms. The number of nitrogens with zero attached hydrogens (tertiary/aromatic N) is 1. The maximum Gasteiger partial charge on any atom is 0.323 e. The molecule has 0 unspecified atom stereocenters. The molecule has 144 valence electrons. The van der Waals surface area contributed by atoms with Gasteiger partial charge in [0, 0.05) is 5.56 Å². The zero-order chi connectivity index (χ0) is 20.5. The molecule has 3 rings (SSSR count). The minimum Gasteiger partial charge on any atom is -0.351 e. The van der Waals surface area contributed by atoms with Gasteiger partial charge in [0.2, 0.25) is 0 Å². The van der Waals surface area contributed by atoms with Gasteiger partial charge in [-0.1, -0.05) is 92.5 Å². The van der Waals surface area contributed by atoms with Crippen molar-refractivity contribution in [1.29, 1.82) is 0 Å². The SMILES string of the molecule is CC(C)(C)c1ccc(-c2ccccc2)c(N(C(N)=O)c2cccc(Cl)c2Cl)c1. The van der Waals surface area contributed by atoms with E-state index in [2.05, 4.69) is 26.8 Å². The van der Waals surface area contributed by atoms with Crippen LogP contribution in [0.15, 0.2) is 66.7 Å². The summed E-state index contributed by atoms with van der Waals surface area (Å²) < 4.78 is 0. The van der Waals surface area contributed by atoms with E-state index in [9.17, 15) is 4.79 Å². The highest BCUT2D eigenvalue weighted by Gasteiger charge is 2.25. The summed E-state index contributed by atoms with van der Waals surface area (Å²) in [7, 11) is 0. The van der Waals surface area contributed by atoms with E-state index in [1.165, 1.54) is 4.90 Å². The third kappa shape index (κ3) is 4.01. The Kier molecular flexibility index (Phi) is 5.69. The van der Waals surface area contributed by atoms with Crippen LogP contribution in [-0.4, -0.2) is 6.03 Å². The minimum atomic E-state index is -0.632. The van der Waals surface area contributed by atoms with Crippen LogP contribution in [-0.2, 0) is 5.41 Å². The minimum absolute atomic E-state index is 0.106. The predicted octanol–water partition coefficient (Wildman–Crippen LogP) is 7.17. The van der Waals surface area contributed by atoms with Gasteiger partial charge in [-0.25, -0.2) is 4.79 Å². The summed E-state index contributed by atoms with van der Waals surface area (Å²) in [5.41, 5.74) is 9.74. The number of hydrogen-bond donors (Lipinski definition) is 1. The first-order valence-corrected chi connectivity index (χ1v) is 9.69. The van der Waals surface area contributed by atoms with Crippen LogP contribution in [0.2, 0.25) is 10.0 Å². The van der Waals surface area contributed by atoms with Gasteiger partial charge in [-0.05, 0) is 34.7 Å². The molecule has 0 aliphatic carbocycles. The van der Waals surface area contributed by atoms with Crippen molar-refractivity contribution in [2.75, 3.05) is 4.90 Å². The molecule has 0 atom stereocenters. The molecular formula is C23H22Cl2N2O. The molecule has 0 spiro atoms. The van der Waals surface area contributed by atoms with E-state index >= 15 is 0 Å². The molecule has 3 aromatic carbocycles. The monoisotopic (exact) mass is 412 g/mol. The molecule has 3 nitrogen and oxygen atoms in total. The number of urea groups is 1. The maximum atomic E-state index is 12.6. The van der Waals surface area contributed by atoms with Crippen molar-refractivity contribution >= 4 is 40.6 Å². The van der Waals surface area contributed by atoms with Gasteiger partial charge < -0.3 is 5.73 Å². The summed E-state index contributed by atoms with van der Waals surface area (Å²) >= 11 is 12.6. The van der Waals surface area contributed by atoms with Crippen LogP contribution in [0, 0.1) is 0 Å². The van der Waals surface area contributed by atoms with Crippen molar-refractivity contribution in [1.82, 2.24) is 0 Å². The molecular weight excluding hydrogens is 391 g/mol. The first kappa shape index (κ1) is 20.2. The van der Waals surface area contributed by atoms with E-state index in [-0.39, 0.29) is 10.4 Å². The van der Waals surface area contributed by atoms with E-state index in [4.69, 9.17) is 28.9 Å². The Morgan fingerprint density at radius 3 is 2.18 bits per heavy atom. The van der Waals surface area contributed by atoms with Crippen molar-refractivity contribution in [3.63, 3.8) is 0 Å². The van der Waals surface area contributed by atoms with E-state index in [1.54, 1.807) is 18.2 Å². The number of amides is 2. The highest BCUT2D eigenvalue weighted by atomic mass is 35.5. The van der Waals surface area contributed by atoms with Crippen molar-refractivity contribution in [2.24, 2.45) is 5.73 Å². The number of carbonyl (C=O) groups excluding carboxylic acids is 1. The summed E-state index contributed by atoms with van der Waals surface area (Å²) in [6.07, 6.45) is 0. The Bertz CT molecular complexity index is 1010. The zero-order valence-corrected chi connectivity index (χ0v) is 17.6. The fourth-order valence-electron chi connectivity index (χ4n) is 3.08. The molecule has 28 heavy (non-hydrogen) atoms. The second kappa shape index (κ2) is 7.86. The molecule has 0 bridgehead atoms. The van der Waals surface area contributed by atoms with Crippen LogP contribution >= 0.6 is 23.2 Å². The van der Waals surface area contributed by atoms with Crippen LogP contribution in [0.4, 0.5) is 16.2 Å². The molecule has 2 N–H and O–H groups in total. The first-order valence-electron chi connectivity index (χ1n) is 8.93. The van der Waals surface area contributed by atoms with Gasteiger partial charge >= 0.3 is 6.03 Å². The quantitative estimate of drug-likeness (QED) is 0.486. The lowest BCUT2D eigenvalue weighted by Crippen LogP contribution is -2.32. The topological polar surface area (TPSA) is 46.3 Å². The summed E-state index contributed by atoms with van der Waals surface area (Å²) in [4.78, 5) is 14.0. The van der Waals surface area contributed by atoms with Gasteiger partial charge in [0.05, 0.1) is 21.4 Å². The van der Waals surface area contributed by atoms with Crippen molar-refractivity contribution < 1.29 is 4.79 Å². The van der Waals surface area contributed by atoms with Crippen molar-refractivity contribution in [2.45, 2.75) is 26.2 Å². The van der Waals surface area contributed by atoms with Crippen LogP contribution in [0.5, 0.6) is 0 Å². The molecule has 0 aliphatic heterocycles. The average molecular weight is 413 g/mol. The molecule has 0 radical (unpaired) electrons. The maximum absolute atomic E-state index is 12.6. The van der Waals surface area contributed by atoms with Crippen LogP contribution in [0.1, 0.15) is 26.3 Å². The summed E-state index contributed by atoms with van der Waals surface area (Å²) in [6.45, 7) is 6.36. The lowest BCUT2D eigenvalue weighted by Gasteiger charge is -2.28. The van der Waals surface area contributed by atoms with Crippen LogP contribution < -0.4 is 10.6 Å². The molecule has 2 amide bonds. The Labute approximate surface area is 175 Å². The van der Waals surface area contributed by atoms with Crippen molar-refractivity contribution in [3.05, 3.63) is 82.3 Å². The zero-order valence-electron chi connectivity index (χ0n) is 16.0. The number of primary amides is 1. The molecule has 0 heterocycles. The second-order valence-corrected chi connectivity index (χ2v) is 8.38. The Morgan fingerprint density at radius 2 is 1.57 bits per heavy atom. The van der Waals surface area contributed by atoms with Gasteiger partial charge in [-0.3, -0.25) is 4.90 Å². The van der Waals surface area contributed by atoms with Gasteiger partial charge in [-0.15, -0.1) is 0 Å². The smallest absolute Gasteiger partial charge is 0.323 e. The van der Waals surface area contributed by atoms with Gasteiger partial charge in [-0.2, -0.15) is 0 Å². The van der Waals surface area contributed by atoms with E-state index in [1.807, 2.05) is 42.5 Å². The molecule has 0 aromatic heterocycles. The number of halogens is 2. The van der Waals surface area contributed by atoms with Crippen molar-refractivity contribution in [3.8, 4) is 11.1 Å². The number of benzene rings is 3. The first-order chi connectivity index (χ1) is 13.2.